The van der Waals surface area contributed by atoms with Crippen LogP contribution in [0.25, 0.3) is 10.9 Å². The first-order valence-corrected chi connectivity index (χ1v) is 8.37. The number of aromatic carboxylic acids is 1. The fourth-order valence-corrected chi connectivity index (χ4v) is 4.07. The number of fused-ring (bicyclic) bond motifs is 4. The van der Waals surface area contributed by atoms with Gasteiger partial charge >= 0.3 is 5.97 Å². The number of carboxylic acids is 1. The molecule has 6 nitrogen and oxygen atoms in total. The molecule has 3 fully saturated rings. The highest BCUT2D eigenvalue weighted by Crippen LogP contribution is 2.27. The van der Waals surface area contributed by atoms with E-state index >= 15 is 0 Å². The van der Waals surface area contributed by atoms with Gasteiger partial charge in [0.05, 0.1) is 11.1 Å². The first-order chi connectivity index (χ1) is 11.2. The number of hydrogen-bond donors (Lipinski definition) is 3. The van der Waals surface area contributed by atoms with E-state index < -0.39 is 5.97 Å². The van der Waals surface area contributed by atoms with Gasteiger partial charge in [-0.15, -0.1) is 0 Å². The molecule has 2 bridgehead atoms. The molecular weight excluding hydrogens is 292 g/mol. The second-order valence-corrected chi connectivity index (χ2v) is 6.66. The van der Waals surface area contributed by atoms with Crippen molar-refractivity contribution in [2.75, 3.05) is 26.2 Å². The molecule has 6 heteroatoms. The lowest BCUT2D eigenvalue weighted by molar-refractivity contribution is 0.0699. The van der Waals surface area contributed by atoms with E-state index in [0.29, 0.717) is 11.6 Å². The van der Waals surface area contributed by atoms with Crippen LogP contribution in [0.3, 0.4) is 0 Å². The zero-order valence-electron chi connectivity index (χ0n) is 13.1. The van der Waals surface area contributed by atoms with Gasteiger partial charge in [0, 0.05) is 36.6 Å². The molecule has 2 aromatic rings. The van der Waals surface area contributed by atoms with Crippen LogP contribution in [0.4, 0.5) is 0 Å². The third-order valence-electron chi connectivity index (χ3n) is 5.32. The Bertz CT molecular complexity index is 718. The van der Waals surface area contributed by atoms with E-state index in [-0.39, 0.29) is 0 Å². The number of carboxylic acid groups (broad SMARTS) is 1. The van der Waals surface area contributed by atoms with Crippen molar-refractivity contribution in [2.24, 2.45) is 5.92 Å². The molecule has 3 aliphatic rings. The molecule has 0 radical (unpaired) electrons. The fourth-order valence-electron chi connectivity index (χ4n) is 4.07. The van der Waals surface area contributed by atoms with Crippen molar-refractivity contribution in [3.8, 4) is 0 Å². The minimum absolute atomic E-state index is 0.328. The van der Waals surface area contributed by atoms with Crippen molar-refractivity contribution in [1.82, 2.24) is 20.4 Å². The molecule has 0 amide bonds. The van der Waals surface area contributed by atoms with Crippen molar-refractivity contribution in [2.45, 2.75) is 25.3 Å². The molecule has 5 rings (SSSR count). The normalized spacial score (nSPS) is 26.7. The smallest absolute Gasteiger partial charge is 0.336 e. The second kappa shape index (κ2) is 5.94. The van der Waals surface area contributed by atoms with Gasteiger partial charge in [-0.1, -0.05) is 6.07 Å². The van der Waals surface area contributed by atoms with Crippen molar-refractivity contribution in [1.29, 1.82) is 0 Å². The van der Waals surface area contributed by atoms with Gasteiger partial charge in [0.25, 0.3) is 0 Å². The number of aromatic amines is 1. The van der Waals surface area contributed by atoms with Gasteiger partial charge in [-0.2, -0.15) is 5.10 Å². The van der Waals surface area contributed by atoms with Crippen LogP contribution < -0.4 is 5.32 Å². The molecule has 23 heavy (non-hydrogen) atoms. The molecule has 0 saturated carbocycles. The third-order valence-corrected chi connectivity index (χ3v) is 5.32. The van der Waals surface area contributed by atoms with Crippen LogP contribution in [0.2, 0.25) is 0 Å². The maximum absolute atomic E-state index is 11.4. The molecule has 0 aliphatic carbocycles. The van der Waals surface area contributed by atoms with Crippen molar-refractivity contribution in [3.05, 3.63) is 29.5 Å². The Morgan fingerprint density at radius 2 is 2.22 bits per heavy atom. The highest BCUT2D eigenvalue weighted by Gasteiger charge is 2.33. The van der Waals surface area contributed by atoms with E-state index in [4.69, 9.17) is 0 Å². The lowest BCUT2D eigenvalue weighted by Crippen LogP contribution is -2.56. The Labute approximate surface area is 134 Å². The number of nitrogens with zero attached hydrogens (tertiary/aromatic N) is 2. The summed E-state index contributed by atoms with van der Waals surface area (Å²) < 4.78 is 0. The molecule has 4 heterocycles. The molecule has 1 aromatic heterocycles. The maximum atomic E-state index is 11.4. The van der Waals surface area contributed by atoms with E-state index in [9.17, 15) is 9.90 Å². The van der Waals surface area contributed by atoms with E-state index in [2.05, 4.69) is 20.4 Å². The number of benzene rings is 1. The Morgan fingerprint density at radius 1 is 1.39 bits per heavy atom. The fraction of sp³-hybridized carbons (Fsp3) is 0.529. The monoisotopic (exact) mass is 314 g/mol. The predicted octanol–water partition coefficient (Wildman–Crippen LogP) is 1.49. The SMILES string of the molecule is O=C(O)c1cccc2n[nH]c(CCNC3CN4CCC3CC4)c12. The lowest BCUT2D eigenvalue weighted by Gasteiger charge is -2.45. The highest BCUT2D eigenvalue weighted by molar-refractivity contribution is 6.03. The summed E-state index contributed by atoms with van der Waals surface area (Å²) in [6, 6.07) is 5.81. The largest absolute Gasteiger partial charge is 0.478 e. The number of aromatic nitrogens is 2. The van der Waals surface area contributed by atoms with E-state index in [1.54, 1.807) is 12.1 Å². The first-order valence-electron chi connectivity index (χ1n) is 8.37. The summed E-state index contributed by atoms with van der Waals surface area (Å²) in [5, 5.41) is 21.0. The van der Waals surface area contributed by atoms with Crippen molar-refractivity contribution < 1.29 is 9.90 Å². The standard InChI is InChI=1S/C17H22N4O2/c22-17(23)12-2-1-3-13-16(12)14(20-19-13)4-7-18-15-10-21-8-5-11(15)6-9-21/h1-3,11,15,18H,4-10H2,(H,19,20)(H,22,23). The number of nitrogens with one attached hydrogen (secondary N) is 2. The Morgan fingerprint density at radius 3 is 2.91 bits per heavy atom. The van der Waals surface area contributed by atoms with Gasteiger partial charge in [-0.25, -0.2) is 4.79 Å². The molecule has 122 valence electrons. The Kier molecular flexibility index (Phi) is 3.79. The minimum Gasteiger partial charge on any atom is -0.478 e. The highest BCUT2D eigenvalue weighted by atomic mass is 16.4. The summed E-state index contributed by atoms with van der Waals surface area (Å²) in [6.45, 7) is 4.49. The van der Waals surface area contributed by atoms with Gasteiger partial charge in [0.1, 0.15) is 0 Å². The van der Waals surface area contributed by atoms with Crippen molar-refractivity contribution >= 4 is 16.9 Å². The van der Waals surface area contributed by atoms with Crippen LogP contribution in [0.1, 0.15) is 28.9 Å². The summed E-state index contributed by atoms with van der Waals surface area (Å²) in [5.41, 5.74) is 1.96. The van der Waals surface area contributed by atoms with Crippen LogP contribution in [0.15, 0.2) is 18.2 Å². The summed E-state index contributed by atoms with van der Waals surface area (Å²) >= 11 is 0. The first kappa shape index (κ1) is 14.7. The number of rotatable bonds is 5. The average Bonchev–Trinajstić information content (AvgIpc) is 2.99. The molecule has 3 N–H and O–H groups in total. The maximum Gasteiger partial charge on any atom is 0.336 e. The van der Waals surface area contributed by atoms with Crippen LogP contribution in [0.5, 0.6) is 0 Å². The van der Waals surface area contributed by atoms with E-state index in [1.165, 1.54) is 25.9 Å². The molecular formula is C17H22N4O2. The number of carbonyl (C=O) groups is 1. The summed E-state index contributed by atoms with van der Waals surface area (Å²) in [5.74, 6) is -0.100. The van der Waals surface area contributed by atoms with Crippen LogP contribution in [-0.2, 0) is 6.42 Å². The zero-order chi connectivity index (χ0) is 15.8. The number of H-pyrrole nitrogens is 1. The van der Waals surface area contributed by atoms with Gasteiger partial charge in [-0.05, 0) is 44.0 Å². The third kappa shape index (κ3) is 2.72. The van der Waals surface area contributed by atoms with Gasteiger partial charge < -0.3 is 15.3 Å². The number of hydrogen-bond acceptors (Lipinski definition) is 4. The summed E-state index contributed by atoms with van der Waals surface area (Å²) in [4.78, 5) is 13.9. The number of piperidine rings is 3. The van der Waals surface area contributed by atoms with E-state index in [1.807, 2.05) is 6.07 Å². The minimum atomic E-state index is -0.899. The van der Waals surface area contributed by atoms with Gasteiger partial charge in [0.2, 0.25) is 0 Å². The second-order valence-electron chi connectivity index (χ2n) is 6.66. The Balaban J connectivity index is 1.45. The molecule has 3 saturated heterocycles. The van der Waals surface area contributed by atoms with Crippen LogP contribution in [-0.4, -0.2) is 58.4 Å². The molecule has 3 aliphatic heterocycles. The van der Waals surface area contributed by atoms with Crippen LogP contribution >= 0.6 is 0 Å². The topological polar surface area (TPSA) is 81.2 Å². The van der Waals surface area contributed by atoms with Crippen molar-refractivity contribution in [3.63, 3.8) is 0 Å². The molecule has 1 unspecified atom stereocenters. The van der Waals surface area contributed by atoms with E-state index in [0.717, 1.165) is 42.0 Å². The summed E-state index contributed by atoms with van der Waals surface area (Å²) in [6.07, 6.45) is 3.37. The molecule has 0 spiro atoms. The lowest BCUT2D eigenvalue weighted by atomic mass is 9.84. The van der Waals surface area contributed by atoms with Gasteiger partial charge in [0.15, 0.2) is 0 Å². The van der Waals surface area contributed by atoms with Crippen LogP contribution in [0, 0.1) is 5.92 Å². The predicted molar refractivity (Wildman–Crippen MR) is 87.7 cm³/mol. The van der Waals surface area contributed by atoms with Gasteiger partial charge in [-0.3, -0.25) is 5.10 Å². The molecule has 1 aromatic carbocycles. The Hall–Kier alpha value is -1.92. The quantitative estimate of drug-likeness (QED) is 0.779. The average molecular weight is 314 g/mol. The summed E-state index contributed by atoms with van der Waals surface area (Å²) in [7, 11) is 0. The molecule has 1 atom stereocenters. The zero-order valence-corrected chi connectivity index (χ0v) is 13.1.